The van der Waals surface area contributed by atoms with Crippen molar-refractivity contribution in [1.29, 1.82) is 5.41 Å². The third-order valence-electron chi connectivity index (χ3n) is 4.58. The lowest BCUT2D eigenvalue weighted by Gasteiger charge is -2.28. The quantitative estimate of drug-likeness (QED) is 0.481. The van der Waals surface area contributed by atoms with E-state index in [-0.39, 0.29) is 17.9 Å². The number of amidine groups is 1. The smallest absolute Gasteiger partial charge is 0.258 e. The van der Waals surface area contributed by atoms with Crippen molar-refractivity contribution in [2.24, 2.45) is 15.9 Å². The number of hydrogen-bond donors (Lipinski definition) is 3. The zero-order valence-electron chi connectivity index (χ0n) is 18.4. The number of hydrogen-bond acceptors (Lipinski definition) is 4. The van der Waals surface area contributed by atoms with Gasteiger partial charge in [0.05, 0.1) is 11.5 Å². The molecule has 1 amide bonds. The first kappa shape index (κ1) is 24.6. The second kappa shape index (κ2) is 10.5. The predicted molar refractivity (Wildman–Crippen MR) is 117 cm³/mol. The number of aliphatic imine (C=N–C) groups is 2. The molecular formula is C22H30F3N5O. The molecule has 0 spiro atoms. The minimum atomic E-state index is -1.13. The molecule has 9 heteroatoms. The van der Waals surface area contributed by atoms with Gasteiger partial charge in [0.25, 0.3) is 5.91 Å². The Labute approximate surface area is 180 Å². The molecule has 6 nitrogen and oxygen atoms in total. The molecule has 1 saturated carbocycles. The maximum Gasteiger partial charge on any atom is 0.258 e. The number of nitrogens with one attached hydrogen (secondary N) is 3. The number of amides is 1. The van der Waals surface area contributed by atoms with Gasteiger partial charge in [-0.2, -0.15) is 0 Å². The highest BCUT2D eigenvalue weighted by molar-refractivity contribution is 6.15. The molecule has 0 bridgehead atoms. The molecule has 31 heavy (non-hydrogen) atoms. The maximum absolute atomic E-state index is 14.1. The van der Waals surface area contributed by atoms with Crippen LogP contribution in [0.4, 0.5) is 13.2 Å². The Morgan fingerprint density at radius 1 is 1.23 bits per heavy atom. The molecule has 1 aliphatic carbocycles. The number of carbonyl (C=O) groups excluding carboxylic acids is 1. The Kier molecular flexibility index (Phi) is 8.36. The summed E-state index contributed by atoms with van der Waals surface area (Å²) in [6.45, 7) is 7.87. The van der Waals surface area contributed by atoms with Crippen LogP contribution in [0.15, 0.2) is 28.2 Å². The van der Waals surface area contributed by atoms with E-state index in [9.17, 15) is 18.0 Å². The number of benzene rings is 1. The minimum Gasteiger partial charge on any atom is -0.314 e. The van der Waals surface area contributed by atoms with Crippen LogP contribution in [0.2, 0.25) is 0 Å². The Morgan fingerprint density at radius 2 is 1.94 bits per heavy atom. The summed E-state index contributed by atoms with van der Waals surface area (Å²) in [5, 5.41) is 13.8. The highest BCUT2D eigenvalue weighted by Gasteiger charge is 2.31. The van der Waals surface area contributed by atoms with E-state index in [0.717, 1.165) is 18.6 Å². The molecule has 0 radical (unpaired) electrons. The molecular weight excluding hydrogens is 407 g/mol. The van der Waals surface area contributed by atoms with Crippen molar-refractivity contribution >= 4 is 23.4 Å². The first-order chi connectivity index (χ1) is 14.5. The van der Waals surface area contributed by atoms with Gasteiger partial charge in [-0.3, -0.25) is 15.1 Å². The lowest BCUT2D eigenvalue weighted by molar-refractivity contribution is 0.0975. The fourth-order valence-electron chi connectivity index (χ4n) is 3.11. The van der Waals surface area contributed by atoms with Gasteiger partial charge in [-0.25, -0.2) is 18.2 Å². The molecule has 1 aromatic rings. The van der Waals surface area contributed by atoms with E-state index < -0.39 is 35.2 Å². The molecule has 0 aliphatic heterocycles. The lowest BCUT2D eigenvalue weighted by atomic mass is 9.85. The first-order valence-corrected chi connectivity index (χ1v) is 10.4. The van der Waals surface area contributed by atoms with E-state index in [4.69, 9.17) is 5.41 Å². The summed E-state index contributed by atoms with van der Waals surface area (Å²) < 4.78 is 40.8. The summed E-state index contributed by atoms with van der Waals surface area (Å²) >= 11 is 0. The zero-order chi connectivity index (χ0) is 23.2. The van der Waals surface area contributed by atoms with Crippen LogP contribution in [0.5, 0.6) is 0 Å². The number of halogens is 3. The van der Waals surface area contributed by atoms with Crippen LogP contribution < -0.4 is 10.6 Å². The second-order valence-electron chi connectivity index (χ2n) is 8.56. The van der Waals surface area contributed by atoms with Crippen LogP contribution in [-0.2, 0) is 0 Å². The summed E-state index contributed by atoms with van der Waals surface area (Å²) in [6.07, 6.45) is 0.496. The summed E-state index contributed by atoms with van der Waals surface area (Å²) in [7, 11) is 0. The number of alkyl halides is 1. The predicted octanol–water partition coefficient (Wildman–Crippen LogP) is 4.41. The molecule has 2 unspecified atom stereocenters. The van der Waals surface area contributed by atoms with E-state index in [0.29, 0.717) is 30.9 Å². The monoisotopic (exact) mass is 437 g/mol. The molecule has 2 rings (SSSR count). The van der Waals surface area contributed by atoms with E-state index in [2.05, 4.69) is 20.6 Å². The summed E-state index contributed by atoms with van der Waals surface area (Å²) in [5.41, 5.74) is -0.302. The Hall–Kier alpha value is -2.71. The molecule has 1 aromatic carbocycles. The van der Waals surface area contributed by atoms with Crippen molar-refractivity contribution < 1.29 is 18.0 Å². The third kappa shape index (κ3) is 7.48. The zero-order valence-corrected chi connectivity index (χ0v) is 18.4. The molecule has 3 N–H and O–H groups in total. The fraction of sp³-hybridized carbons (Fsp3) is 0.545. The Balaban J connectivity index is 2.32. The van der Waals surface area contributed by atoms with Crippen molar-refractivity contribution in [3.63, 3.8) is 0 Å². The van der Waals surface area contributed by atoms with Crippen molar-refractivity contribution in [3.8, 4) is 0 Å². The van der Waals surface area contributed by atoms with Gasteiger partial charge in [-0.1, -0.05) is 6.92 Å². The average Bonchev–Trinajstić information content (AvgIpc) is 2.67. The van der Waals surface area contributed by atoms with E-state index >= 15 is 0 Å². The largest absolute Gasteiger partial charge is 0.314 e. The summed E-state index contributed by atoms with van der Waals surface area (Å²) in [6, 6.07) is 2.84. The fourth-order valence-corrected chi connectivity index (χ4v) is 3.11. The van der Waals surface area contributed by atoms with Crippen LogP contribution in [0.1, 0.15) is 63.7 Å². The van der Waals surface area contributed by atoms with Gasteiger partial charge >= 0.3 is 0 Å². The van der Waals surface area contributed by atoms with Gasteiger partial charge in [0.15, 0.2) is 11.6 Å². The van der Waals surface area contributed by atoms with Gasteiger partial charge < -0.3 is 10.7 Å². The number of nitrogens with zero attached hydrogens (tertiary/aromatic N) is 2. The molecule has 0 heterocycles. The molecule has 0 aromatic heterocycles. The molecule has 0 saturated heterocycles. The SMILES string of the molecule is CCCN=C(NC(=NC(C)(C)C)NC(=O)c1ccc(F)c(F)c1)C1CC(F)CCC1=N. The van der Waals surface area contributed by atoms with Crippen LogP contribution in [0.25, 0.3) is 0 Å². The standard InChI is InChI=1S/C22H30F3N5O/c1-5-10-27-19(15-12-14(23)7-9-18(15)26)28-21(30-22(2,3)4)29-20(31)13-6-8-16(24)17(25)11-13/h6,8,11,14-15,26H,5,7,9-10,12H2,1-4H3,(H2,27,28,29,30,31). The van der Waals surface area contributed by atoms with E-state index in [1.54, 1.807) is 0 Å². The van der Waals surface area contributed by atoms with Gasteiger partial charge in [-0.15, -0.1) is 0 Å². The van der Waals surface area contributed by atoms with Gasteiger partial charge in [0, 0.05) is 17.8 Å². The van der Waals surface area contributed by atoms with Crippen molar-refractivity contribution in [1.82, 2.24) is 10.6 Å². The third-order valence-corrected chi connectivity index (χ3v) is 4.58. The Bertz CT molecular complexity index is 876. The number of rotatable bonds is 4. The normalized spacial score (nSPS) is 20.5. The van der Waals surface area contributed by atoms with Crippen molar-refractivity contribution in [2.45, 2.75) is 65.1 Å². The highest BCUT2D eigenvalue weighted by Crippen LogP contribution is 2.25. The van der Waals surface area contributed by atoms with Gasteiger partial charge in [-0.05, 0) is 64.7 Å². The van der Waals surface area contributed by atoms with E-state index in [1.165, 1.54) is 6.07 Å². The molecule has 1 fully saturated rings. The lowest BCUT2D eigenvalue weighted by Crippen LogP contribution is -2.49. The Morgan fingerprint density at radius 3 is 2.55 bits per heavy atom. The topological polar surface area (TPSA) is 89.7 Å². The maximum atomic E-state index is 14.1. The van der Waals surface area contributed by atoms with Crippen LogP contribution in [-0.4, -0.2) is 41.7 Å². The minimum absolute atomic E-state index is 0.0471. The van der Waals surface area contributed by atoms with Gasteiger partial charge in [0.2, 0.25) is 5.96 Å². The van der Waals surface area contributed by atoms with Gasteiger partial charge in [0.1, 0.15) is 12.0 Å². The highest BCUT2D eigenvalue weighted by atomic mass is 19.2. The van der Waals surface area contributed by atoms with Crippen molar-refractivity contribution in [2.75, 3.05) is 6.54 Å². The van der Waals surface area contributed by atoms with Crippen LogP contribution in [0, 0.1) is 23.0 Å². The van der Waals surface area contributed by atoms with Crippen LogP contribution >= 0.6 is 0 Å². The number of carbonyl (C=O) groups is 1. The van der Waals surface area contributed by atoms with Crippen molar-refractivity contribution in [3.05, 3.63) is 35.4 Å². The molecule has 2 atom stereocenters. The average molecular weight is 438 g/mol. The second-order valence-corrected chi connectivity index (χ2v) is 8.56. The number of guanidine groups is 1. The molecule has 1 aliphatic rings. The van der Waals surface area contributed by atoms with E-state index in [1.807, 2.05) is 27.7 Å². The summed E-state index contributed by atoms with van der Waals surface area (Å²) in [4.78, 5) is 21.6. The van der Waals surface area contributed by atoms with Crippen LogP contribution in [0.3, 0.4) is 0 Å². The summed E-state index contributed by atoms with van der Waals surface area (Å²) in [5.74, 6) is -3.01. The first-order valence-electron chi connectivity index (χ1n) is 10.4. The molecule has 170 valence electrons.